The van der Waals surface area contributed by atoms with Crippen LogP contribution in [0.2, 0.25) is 0 Å². The second-order valence-electron chi connectivity index (χ2n) is 6.85. The molecule has 0 radical (unpaired) electrons. The van der Waals surface area contributed by atoms with E-state index in [2.05, 4.69) is 5.16 Å². The molecule has 0 N–H and O–H groups in total. The molecule has 0 fully saturated rings. The van der Waals surface area contributed by atoms with E-state index >= 15 is 0 Å². The van der Waals surface area contributed by atoms with Crippen molar-refractivity contribution in [3.8, 4) is 5.75 Å². The van der Waals surface area contributed by atoms with Gasteiger partial charge in [-0.15, -0.1) is 0 Å². The molecular weight excluding hydrogens is 354 g/mol. The molecule has 0 saturated carbocycles. The van der Waals surface area contributed by atoms with Gasteiger partial charge in [-0.2, -0.15) is 0 Å². The molecule has 0 aliphatic rings. The van der Waals surface area contributed by atoms with Gasteiger partial charge >= 0.3 is 0 Å². The molecule has 0 unspecified atom stereocenters. The van der Waals surface area contributed by atoms with Crippen molar-refractivity contribution < 1.29 is 14.1 Å². The Hall–Kier alpha value is -3.28. The van der Waals surface area contributed by atoms with Crippen LogP contribution in [0.15, 0.2) is 53.1 Å². The van der Waals surface area contributed by atoms with E-state index in [0.29, 0.717) is 23.6 Å². The summed E-state index contributed by atoms with van der Waals surface area (Å²) >= 11 is 0. The highest BCUT2D eigenvalue weighted by molar-refractivity contribution is 6.07. The summed E-state index contributed by atoms with van der Waals surface area (Å²) in [4.78, 5) is 17.1. The van der Waals surface area contributed by atoms with Crippen molar-refractivity contribution in [1.29, 1.82) is 0 Å². The Kier molecular flexibility index (Phi) is 5.68. The highest BCUT2D eigenvalue weighted by atomic mass is 16.5. The molecule has 3 aromatic rings. The third-order valence-corrected chi connectivity index (χ3v) is 4.67. The lowest BCUT2D eigenvalue weighted by Crippen LogP contribution is -2.31. The van der Waals surface area contributed by atoms with Crippen molar-refractivity contribution in [3.63, 3.8) is 0 Å². The van der Waals surface area contributed by atoms with Gasteiger partial charge in [-0.25, -0.2) is 0 Å². The number of aromatic nitrogens is 1. The highest BCUT2D eigenvalue weighted by Crippen LogP contribution is 2.26. The van der Waals surface area contributed by atoms with Crippen molar-refractivity contribution in [2.45, 2.75) is 20.4 Å². The number of aryl methyl sites for hydroxylation is 2. The normalized spacial score (nSPS) is 10.6. The summed E-state index contributed by atoms with van der Waals surface area (Å²) in [5.74, 6) is 1.12. The number of nitrogens with zero attached hydrogens (tertiary/aromatic N) is 3. The van der Waals surface area contributed by atoms with E-state index in [-0.39, 0.29) is 5.91 Å². The van der Waals surface area contributed by atoms with Crippen molar-refractivity contribution in [2.75, 3.05) is 31.0 Å². The molecule has 1 heterocycles. The summed E-state index contributed by atoms with van der Waals surface area (Å²) in [5.41, 5.74) is 4.01. The molecule has 0 aliphatic heterocycles. The third kappa shape index (κ3) is 4.01. The van der Waals surface area contributed by atoms with Crippen LogP contribution in [-0.4, -0.2) is 32.3 Å². The fraction of sp³-hybridized carbons (Fsp3) is 0.273. The topological polar surface area (TPSA) is 58.8 Å². The van der Waals surface area contributed by atoms with Gasteiger partial charge in [0.2, 0.25) is 0 Å². The van der Waals surface area contributed by atoms with Crippen molar-refractivity contribution in [1.82, 2.24) is 5.16 Å². The van der Waals surface area contributed by atoms with Gasteiger partial charge in [0.15, 0.2) is 0 Å². The number of anilines is 2. The smallest absolute Gasteiger partial charge is 0.264 e. The molecule has 0 spiro atoms. The van der Waals surface area contributed by atoms with Crippen LogP contribution < -0.4 is 14.5 Å². The van der Waals surface area contributed by atoms with E-state index in [4.69, 9.17) is 9.26 Å². The highest BCUT2D eigenvalue weighted by Gasteiger charge is 2.25. The minimum Gasteiger partial charge on any atom is -0.497 e. The maximum atomic E-state index is 13.4. The molecule has 1 amide bonds. The van der Waals surface area contributed by atoms with Crippen LogP contribution in [0.1, 0.15) is 27.4 Å². The largest absolute Gasteiger partial charge is 0.497 e. The molecule has 0 bridgehead atoms. The molecule has 1 aromatic heterocycles. The number of carbonyl (C=O) groups excluding carboxylic acids is 1. The Morgan fingerprint density at radius 1 is 1.00 bits per heavy atom. The maximum absolute atomic E-state index is 13.4. The standard InChI is InChI=1S/C22H25N3O3/c1-15-21(16(2)28-23-15)22(26)25(19-10-12-20(27-5)13-11-19)14-17-6-8-18(9-7-17)24(3)4/h6-13H,14H2,1-5H3. The molecule has 0 atom stereocenters. The van der Waals surface area contributed by atoms with E-state index < -0.39 is 0 Å². The summed E-state index contributed by atoms with van der Waals surface area (Å²) in [5, 5.41) is 3.93. The number of rotatable bonds is 6. The van der Waals surface area contributed by atoms with Crippen LogP contribution in [0.4, 0.5) is 11.4 Å². The van der Waals surface area contributed by atoms with Crippen LogP contribution in [0.3, 0.4) is 0 Å². The van der Waals surface area contributed by atoms with Gasteiger partial charge in [0.25, 0.3) is 5.91 Å². The SMILES string of the molecule is COc1ccc(N(Cc2ccc(N(C)C)cc2)C(=O)c2c(C)noc2C)cc1. The van der Waals surface area contributed by atoms with Gasteiger partial charge in [-0.3, -0.25) is 4.79 Å². The first kappa shape index (κ1) is 19.5. The molecule has 0 aliphatic carbocycles. The zero-order valence-electron chi connectivity index (χ0n) is 16.9. The predicted molar refractivity (Wildman–Crippen MR) is 110 cm³/mol. The van der Waals surface area contributed by atoms with Crippen molar-refractivity contribution >= 4 is 17.3 Å². The van der Waals surface area contributed by atoms with Gasteiger partial charge in [-0.1, -0.05) is 17.3 Å². The molecule has 6 nitrogen and oxygen atoms in total. The number of ether oxygens (including phenoxy) is 1. The minimum absolute atomic E-state index is 0.141. The average molecular weight is 379 g/mol. The van der Waals surface area contributed by atoms with Gasteiger partial charge in [-0.05, 0) is 55.8 Å². The minimum atomic E-state index is -0.141. The molecule has 2 aromatic carbocycles. The Morgan fingerprint density at radius 2 is 1.61 bits per heavy atom. The molecule has 0 saturated heterocycles. The summed E-state index contributed by atoms with van der Waals surface area (Å²) < 4.78 is 10.4. The second-order valence-corrected chi connectivity index (χ2v) is 6.85. The number of amides is 1. The van der Waals surface area contributed by atoms with Gasteiger partial charge in [0.05, 0.1) is 19.3 Å². The first-order valence-corrected chi connectivity index (χ1v) is 9.05. The fourth-order valence-corrected chi connectivity index (χ4v) is 3.05. The van der Waals surface area contributed by atoms with Crippen molar-refractivity contribution in [2.24, 2.45) is 0 Å². The van der Waals surface area contributed by atoms with Crippen LogP contribution in [0.5, 0.6) is 5.75 Å². The van der Waals surface area contributed by atoms with E-state index in [0.717, 1.165) is 22.7 Å². The van der Waals surface area contributed by atoms with Crippen LogP contribution >= 0.6 is 0 Å². The van der Waals surface area contributed by atoms with Gasteiger partial charge in [0.1, 0.15) is 17.1 Å². The maximum Gasteiger partial charge on any atom is 0.264 e. The van der Waals surface area contributed by atoms with Crippen LogP contribution in [0.25, 0.3) is 0 Å². The summed E-state index contributed by atoms with van der Waals surface area (Å²) in [7, 11) is 5.62. The third-order valence-electron chi connectivity index (χ3n) is 4.67. The Balaban J connectivity index is 1.97. The Bertz CT molecular complexity index is 925. The number of carbonyl (C=O) groups is 1. The summed E-state index contributed by atoms with van der Waals surface area (Å²) in [6, 6.07) is 15.6. The Morgan fingerprint density at radius 3 is 2.11 bits per heavy atom. The molecular formula is C22H25N3O3. The number of benzene rings is 2. The lowest BCUT2D eigenvalue weighted by atomic mass is 10.1. The van der Waals surface area contributed by atoms with Gasteiger partial charge in [0, 0.05) is 25.5 Å². The van der Waals surface area contributed by atoms with Crippen LogP contribution in [-0.2, 0) is 6.54 Å². The Labute approximate surface area is 165 Å². The molecule has 146 valence electrons. The molecule has 6 heteroatoms. The average Bonchev–Trinajstić information content (AvgIpc) is 3.04. The number of hydrogen-bond donors (Lipinski definition) is 0. The first-order chi connectivity index (χ1) is 13.4. The molecule has 3 rings (SSSR count). The predicted octanol–water partition coefficient (Wildman–Crippen LogP) is 4.21. The number of methoxy groups -OCH3 is 1. The fourth-order valence-electron chi connectivity index (χ4n) is 3.05. The summed E-state index contributed by atoms with van der Waals surface area (Å²) in [6.07, 6.45) is 0. The zero-order valence-corrected chi connectivity index (χ0v) is 16.9. The lowest BCUT2D eigenvalue weighted by molar-refractivity contribution is 0.0983. The number of hydrogen-bond acceptors (Lipinski definition) is 5. The molecule has 28 heavy (non-hydrogen) atoms. The lowest BCUT2D eigenvalue weighted by Gasteiger charge is -2.24. The monoisotopic (exact) mass is 379 g/mol. The summed E-state index contributed by atoms with van der Waals surface area (Å²) in [6.45, 7) is 3.97. The first-order valence-electron chi connectivity index (χ1n) is 9.05. The van der Waals surface area contributed by atoms with Gasteiger partial charge < -0.3 is 19.1 Å². The van der Waals surface area contributed by atoms with E-state index in [9.17, 15) is 4.79 Å². The van der Waals surface area contributed by atoms with E-state index in [1.54, 1.807) is 25.9 Å². The van der Waals surface area contributed by atoms with E-state index in [1.165, 1.54) is 0 Å². The second kappa shape index (κ2) is 8.17. The quantitative estimate of drug-likeness (QED) is 0.642. The van der Waals surface area contributed by atoms with Crippen molar-refractivity contribution in [3.05, 3.63) is 71.1 Å². The zero-order chi connectivity index (χ0) is 20.3. The van der Waals surface area contributed by atoms with Crippen LogP contribution in [0, 0.1) is 13.8 Å². The van der Waals surface area contributed by atoms with E-state index in [1.807, 2.05) is 67.5 Å².